The van der Waals surface area contributed by atoms with Crippen molar-refractivity contribution in [3.63, 3.8) is 0 Å². The standard InChI is InChI=1S/C12H8/c1-3-7-11-9-5-6-10-12(11)8-4-2/h5-6,9-10H,1-2H2. The van der Waals surface area contributed by atoms with Crippen molar-refractivity contribution in [2.45, 2.75) is 0 Å². The highest BCUT2D eigenvalue weighted by Crippen LogP contribution is 1.68. The summed E-state index contributed by atoms with van der Waals surface area (Å²) in [7, 11) is 0. The summed E-state index contributed by atoms with van der Waals surface area (Å²) in [6, 6.07) is 7.68. The Morgan fingerprint density at radius 1 is 0.833 bits per heavy atom. The maximum absolute atomic E-state index is 3.46. The fourth-order valence-electron chi connectivity index (χ4n) is 0.892. The molecule has 0 atom stereocenters. The molecule has 12 heavy (non-hydrogen) atoms. The van der Waals surface area contributed by atoms with Crippen LogP contribution >= 0.6 is 0 Å². The topological polar surface area (TPSA) is 0 Å². The highest BCUT2D eigenvalue weighted by atomic mass is 13.8. The Morgan fingerprint density at radius 3 is 1.58 bits per heavy atom. The molecule has 0 radical (unpaired) electrons. The van der Waals surface area contributed by atoms with E-state index in [1.165, 1.54) is 0 Å². The van der Waals surface area contributed by atoms with Crippen LogP contribution in [0.5, 0.6) is 0 Å². The van der Waals surface area contributed by atoms with Crippen molar-refractivity contribution >= 4 is 11.5 Å². The summed E-state index contributed by atoms with van der Waals surface area (Å²) in [5.41, 5.74) is 10.9. The molecule has 0 aromatic heterocycles. The first-order valence-corrected chi connectivity index (χ1v) is 3.53. The lowest BCUT2D eigenvalue weighted by Gasteiger charge is -1.79. The van der Waals surface area contributed by atoms with Crippen molar-refractivity contribution in [2.24, 2.45) is 0 Å². The molecule has 0 nitrogen and oxygen atoms in total. The van der Waals surface area contributed by atoms with Gasteiger partial charge in [0.1, 0.15) is 0 Å². The molecule has 1 rings (SSSR count). The fraction of sp³-hybridized carbons (Fsp3) is 0. The first-order chi connectivity index (χ1) is 5.88. The van der Waals surface area contributed by atoms with Crippen LogP contribution in [-0.2, 0) is 0 Å². The maximum atomic E-state index is 3.46. The molecular weight excluding hydrogens is 144 g/mol. The van der Waals surface area contributed by atoms with Gasteiger partial charge in [0, 0.05) is 10.4 Å². The van der Waals surface area contributed by atoms with Gasteiger partial charge in [-0.1, -0.05) is 35.1 Å². The van der Waals surface area contributed by atoms with Gasteiger partial charge in [0.25, 0.3) is 0 Å². The molecule has 0 saturated carbocycles. The molecule has 0 heteroatoms. The second-order valence-corrected chi connectivity index (χ2v) is 2.15. The molecule has 0 aliphatic rings. The van der Waals surface area contributed by atoms with Gasteiger partial charge in [-0.2, -0.15) is 0 Å². The van der Waals surface area contributed by atoms with Crippen LogP contribution in [0.1, 0.15) is 0 Å². The minimum Gasteiger partial charge on any atom is -0.0775 e. The number of hydrogen-bond donors (Lipinski definition) is 0. The van der Waals surface area contributed by atoms with E-state index < -0.39 is 0 Å². The molecule has 56 valence electrons. The Balaban J connectivity index is 3.99. The predicted molar refractivity (Wildman–Crippen MR) is 50.8 cm³/mol. The van der Waals surface area contributed by atoms with Crippen LogP contribution in [0.3, 0.4) is 0 Å². The lowest BCUT2D eigenvalue weighted by Crippen LogP contribution is -2.20. The molecule has 0 aliphatic carbocycles. The maximum Gasteiger partial charge on any atom is 0.0405 e. The van der Waals surface area contributed by atoms with Crippen LogP contribution < -0.4 is 10.4 Å². The van der Waals surface area contributed by atoms with Gasteiger partial charge in [-0.3, -0.25) is 0 Å². The van der Waals surface area contributed by atoms with Crippen molar-refractivity contribution in [2.75, 3.05) is 0 Å². The van der Waals surface area contributed by atoms with Gasteiger partial charge in [0.15, 0.2) is 0 Å². The van der Waals surface area contributed by atoms with E-state index >= 15 is 0 Å². The summed E-state index contributed by atoms with van der Waals surface area (Å²) in [4.78, 5) is 0. The van der Waals surface area contributed by atoms with Crippen LogP contribution in [0.2, 0.25) is 0 Å². The summed E-state index contributed by atoms with van der Waals surface area (Å²) in [5, 5.41) is 1.81. The zero-order chi connectivity index (χ0) is 8.81. The van der Waals surface area contributed by atoms with Crippen LogP contribution in [0.4, 0.5) is 0 Å². The van der Waals surface area contributed by atoms with E-state index in [1.54, 1.807) is 0 Å². The highest BCUT2D eigenvalue weighted by molar-refractivity contribution is 5.27. The lowest BCUT2D eigenvalue weighted by molar-refractivity contribution is 1.54. The summed E-state index contributed by atoms with van der Waals surface area (Å²) in [6.45, 7) is 6.91. The van der Waals surface area contributed by atoms with E-state index in [2.05, 4.69) is 36.1 Å². The Labute approximate surface area is 71.5 Å². The van der Waals surface area contributed by atoms with Gasteiger partial charge in [-0.05, 0) is 25.3 Å². The van der Waals surface area contributed by atoms with Gasteiger partial charge in [0.05, 0.1) is 0 Å². The van der Waals surface area contributed by atoms with Crippen molar-refractivity contribution in [3.05, 3.63) is 59.3 Å². The third-order valence-corrected chi connectivity index (χ3v) is 1.37. The normalized spacial score (nSPS) is 7.33. The first kappa shape index (κ1) is 8.18. The van der Waals surface area contributed by atoms with Crippen molar-refractivity contribution < 1.29 is 0 Å². The molecule has 0 heterocycles. The molecule has 0 bridgehead atoms. The van der Waals surface area contributed by atoms with Crippen molar-refractivity contribution in [1.29, 1.82) is 0 Å². The SMILES string of the molecule is C=C=C=c1ccccc1=C=C=C. The summed E-state index contributed by atoms with van der Waals surface area (Å²) in [6.07, 6.45) is 0. The molecule has 0 spiro atoms. The van der Waals surface area contributed by atoms with Crippen LogP contribution in [0.15, 0.2) is 48.9 Å². The van der Waals surface area contributed by atoms with Crippen LogP contribution in [0, 0.1) is 0 Å². The fourth-order valence-corrected chi connectivity index (χ4v) is 0.892. The monoisotopic (exact) mass is 152 g/mol. The summed E-state index contributed by atoms with van der Waals surface area (Å²) >= 11 is 0. The second kappa shape index (κ2) is 4.06. The smallest absolute Gasteiger partial charge is 0.0405 e. The quantitative estimate of drug-likeness (QED) is 0.489. The third kappa shape index (κ3) is 1.78. The molecule has 0 N–H and O–H groups in total. The Hall–Kier alpha value is -1.92. The third-order valence-electron chi connectivity index (χ3n) is 1.37. The van der Waals surface area contributed by atoms with E-state index in [9.17, 15) is 0 Å². The number of hydrogen-bond acceptors (Lipinski definition) is 0. The van der Waals surface area contributed by atoms with E-state index in [4.69, 9.17) is 0 Å². The lowest BCUT2D eigenvalue weighted by atomic mass is 10.2. The zero-order valence-electron chi connectivity index (χ0n) is 6.72. The second-order valence-electron chi connectivity index (χ2n) is 2.15. The van der Waals surface area contributed by atoms with Gasteiger partial charge >= 0.3 is 0 Å². The zero-order valence-corrected chi connectivity index (χ0v) is 6.72. The number of rotatable bonds is 0. The first-order valence-electron chi connectivity index (χ1n) is 3.53. The van der Waals surface area contributed by atoms with Gasteiger partial charge in [-0.15, -0.1) is 0 Å². The minimum absolute atomic E-state index is 0.906. The van der Waals surface area contributed by atoms with Gasteiger partial charge in [0.2, 0.25) is 0 Å². The summed E-state index contributed by atoms with van der Waals surface area (Å²) in [5.74, 6) is 0. The number of benzene rings is 1. The molecule has 0 aliphatic heterocycles. The minimum atomic E-state index is 0.906. The molecule has 1 aromatic carbocycles. The van der Waals surface area contributed by atoms with E-state index in [0.29, 0.717) is 0 Å². The molecule has 1 aromatic rings. The summed E-state index contributed by atoms with van der Waals surface area (Å²) < 4.78 is 0. The average Bonchev–Trinajstić information content (AvgIpc) is 2.09. The Kier molecular flexibility index (Phi) is 2.77. The highest BCUT2D eigenvalue weighted by Gasteiger charge is 1.77. The Morgan fingerprint density at radius 2 is 1.25 bits per heavy atom. The van der Waals surface area contributed by atoms with E-state index in [1.807, 2.05) is 24.3 Å². The van der Waals surface area contributed by atoms with Gasteiger partial charge in [-0.25, -0.2) is 0 Å². The van der Waals surface area contributed by atoms with Gasteiger partial charge < -0.3 is 0 Å². The average molecular weight is 152 g/mol. The molecule has 0 saturated heterocycles. The van der Waals surface area contributed by atoms with Crippen molar-refractivity contribution in [3.8, 4) is 0 Å². The van der Waals surface area contributed by atoms with Crippen LogP contribution in [0.25, 0.3) is 11.5 Å². The Bertz CT molecular complexity index is 448. The molecule has 0 unspecified atom stereocenters. The van der Waals surface area contributed by atoms with Crippen molar-refractivity contribution in [1.82, 2.24) is 0 Å². The van der Waals surface area contributed by atoms with E-state index in [-0.39, 0.29) is 0 Å². The van der Waals surface area contributed by atoms with Crippen LogP contribution in [-0.4, -0.2) is 0 Å². The molecule has 0 fully saturated rings. The predicted octanol–water partition coefficient (Wildman–Crippen LogP) is 1.13. The molecule has 0 amide bonds. The van der Waals surface area contributed by atoms with E-state index in [0.717, 1.165) is 10.4 Å². The largest absolute Gasteiger partial charge is 0.0775 e. The molecular formula is C12H8.